The van der Waals surface area contributed by atoms with Crippen molar-refractivity contribution in [2.45, 2.75) is 19.8 Å². The summed E-state index contributed by atoms with van der Waals surface area (Å²) in [6, 6.07) is 0. The maximum absolute atomic E-state index is 10.0. The zero-order valence-electron chi connectivity index (χ0n) is 11.7. The molecule has 0 aliphatic heterocycles. The minimum Gasteiger partial charge on any atom is -0.478 e. The van der Waals surface area contributed by atoms with Gasteiger partial charge in [-0.25, -0.2) is 9.59 Å². The van der Waals surface area contributed by atoms with E-state index in [-0.39, 0.29) is 17.5 Å². The summed E-state index contributed by atoms with van der Waals surface area (Å²) in [6.45, 7) is 10.6. The molecular formula is C12H21O8P. The first kappa shape index (κ1) is 24.3. The van der Waals surface area contributed by atoms with Gasteiger partial charge in [0, 0.05) is 23.6 Å². The van der Waals surface area contributed by atoms with Crippen LogP contribution < -0.4 is 0 Å². The second-order valence-electron chi connectivity index (χ2n) is 3.56. The van der Waals surface area contributed by atoms with Crippen LogP contribution in [0.25, 0.3) is 0 Å². The van der Waals surface area contributed by atoms with E-state index in [1.165, 1.54) is 6.92 Å². The van der Waals surface area contributed by atoms with Gasteiger partial charge in [-0.15, -0.1) is 0 Å². The Hall–Kier alpha value is -1.73. The van der Waals surface area contributed by atoms with Crippen LogP contribution in [-0.2, 0) is 14.2 Å². The average molecular weight is 324 g/mol. The molecule has 0 fully saturated rings. The third kappa shape index (κ3) is 23.8. The molecule has 21 heavy (non-hydrogen) atoms. The summed E-state index contributed by atoms with van der Waals surface area (Å²) in [7, 11) is -3.93. The third-order valence-corrected chi connectivity index (χ3v) is 2.61. The quantitative estimate of drug-likeness (QED) is 0.362. The Balaban J connectivity index is -0.000000242. The van der Waals surface area contributed by atoms with Crippen molar-refractivity contribution >= 4 is 19.5 Å². The molecule has 8 nitrogen and oxygen atoms in total. The summed E-state index contributed by atoms with van der Waals surface area (Å²) in [4.78, 5) is 35.5. The van der Waals surface area contributed by atoms with Crippen LogP contribution in [-0.4, -0.2) is 43.7 Å². The van der Waals surface area contributed by atoms with E-state index in [1.807, 2.05) is 0 Å². The predicted molar refractivity (Wildman–Crippen MR) is 77.8 cm³/mol. The van der Waals surface area contributed by atoms with Gasteiger partial charge in [-0.3, -0.25) is 4.57 Å². The highest BCUT2D eigenvalue weighted by atomic mass is 31.2. The standard InChI is InChI=1S/C6H10O3.C3H7O3P.C3H4O2/c1-5(6(8)9)3-2-4-7;1-3(2)7(4,5)6;1-2-3(4)5/h7H,1-4H2,(H,8,9);1H2,2H3,(H2,4,5,6);2H,1H2,(H,4,5). The van der Waals surface area contributed by atoms with Crippen LogP contribution in [0.1, 0.15) is 19.8 Å². The van der Waals surface area contributed by atoms with Crippen LogP contribution in [0.4, 0.5) is 0 Å². The monoisotopic (exact) mass is 324 g/mol. The maximum Gasteiger partial charge on any atom is 0.351 e. The molecule has 0 spiro atoms. The van der Waals surface area contributed by atoms with Gasteiger partial charge in [-0.1, -0.05) is 19.7 Å². The Labute approximate surface area is 122 Å². The van der Waals surface area contributed by atoms with Crippen LogP contribution in [0, 0.1) is 0 Å². The number of hydrogen-bond acceptors (Lipinski definition) is 4. The minimum atomic E-state index is -3.93. The van der Waals surface area contributed by atoms with Crippen molar-refractivity contribution in [3.8, 4) is 0 Å². The highest BCUT2D eigenvalue weighted by Gasteiger charge is 2.11. The zero-order chi connectivity index (χ0) is 17.6. The number of aliphatic hydroxyl groups is 1. The molecule has 0 radical (unpaired) electrons. The molecule has 0 saturated heterocycles. The third-order valence-electron chi connectivity index (χ3n) is 1.61. The SMILES string of the molecule is C=C(C)P(=O)(O)O.C=C(CCCO)C(=O)O.C=CC(=O)O. The minimum absolute atomic E-state index is 0.0201. The number of hydrogen-bond donors (Lipinski definition) is 5. The molecule has 0 aliphatic carbocycles. The summed E-state index contributed by atoms with van der Waals surface area (Å²) in [5.41, 5.74) is 0.157. The molecule has 0 aromatic heterocycles. The van der Waals surface area contributed by atoms with Gasteiger partial charge in [-0.2, -0.15) is 0 Å². The number of carbonyl (C=O) groups is 2. The van der Waals surface area contributed by atoms with Crippen molar-refractivity contribution in [3.05, 3.63) is 36.7 Å². The lowest BCUT2D eigenvalue weighted by Gasteiger charge is -1.97. The molecule has 122 valence electrons. The van der Waals surface area contributed by atoms with Crippen molar-refractivity contribution in [2.75, 3.05) is 6.61 Å². The Morgan fingerprint density at radius 1 is 1.19 bits per heavy atom. The van der Waals surface area contributed by atoms with E-state index in [9.17, 15) is 14.2 Å². The highest BCUT2D eigenvalue weighted by molar-refractivity contribution is 7.56. The zero-order valence-corrected chi connectivity index (χ0v) is 12.6. The largest absolute Gasteiger partial charge is 0.478 e. The molecule has 0 heterocycles. The molecule has 0 aromatic rings. The van der Waals surface area contributed by atoms with Gasteiger partial charge >= 0.3 is 19.5 Å². The van der Waals surface area contributed by atoms with Gasteiger partial charge in [0.05, 0.1) is 0 Å². The van der Waals surface area contributed by atoms with E-state index in [2.05, 4.69) is 19.7 Å². The number of carboxylic acid groups (broad SMARTS) is 2. The molecule has 0 unspecified atom stereocenters. The van der Waals surface area contributed by atoms with Crippen LogP contribution in [0.15, 0.2) is 36.7 Å². The fourth-order valence-electron chi connectivity index (χ4n) is 0.399. The van der Waals surface area contributed by atoms with Crippen molar-refractivity contribution in [2.24, 2.45) is 0 Å². The predicted octanol–water partition coefficient (Wildman–Crippen LogP) is 1.35. The maximum atomic E-state index is 10.0. The van der Waals surface area contributed by atoms with E-state index in [4.69, 9.17) is 25.1 Å². The molecule has 0 aliphatic rings. The van der Waals surface area contributed by atoms with Gasteiger partial charge in [0.2, 0.25) is 0 Å². The Bertz CT molecular complexity index is 421. The lowest BCUT2D eigenvalue weighted by molar-refractivity contribution is -0.133. The lowest BCUT2D eigenvalue weighted by atomic mass is 10.2. The van der Waals surface area contributed by atoms with Gasteiger partial charge < -0.3 is 25.1 Å². The number of rotatable bonds is 6. The molecule has 9 heteroatoms. The summed E-state index contributed by atoms with van der Waals surface area (Å²) >= 11 is 0. The number of allylic oxidation sites excluding steroid dienone is 1. The van der Waals surface area contributed by atoms with E-state index >= 15 is 0 Å². The van der Waals surface area contributed by atoms with E-state index < -0.39 is 19.5 Å². The second kappa shape index (κ2) is 13.3. The summed E-state index contributed by atoms with van der Waals surface area (Å²) < 4.78 is 9.93. The van der Waals surface area contributed by atoms with Crippen molar-refractivity contribution < 1.29 is 39.3 Å². The van der Waals surface area contributed by atoms with Crippen LogP contribution >= 0.6 is 7.60 Å². The van der Waals surface area contributed by atoms with E-state index in [0.29, 0.717) is 12.8 Å². The van der Waals surface area contributed by atoms with Gasteiger partial charge in [0.25, 0.3) is 0 Å². The first-order valence-corrected chi connectivity index (χ1v) is 7.10. The fraction of sp³-hybridized carbons (Fsp3) is 0.333. The van der Waals surface area contributed by atoms with Gasteiger partial charge in [0.1, 0.15) is 0 Å². The number of aliphatic hydroxyl groups excluding tert-OH is 1. The Morgan fingerprint density at radius 3 is 1.67 bits per heavy atom. The topological polar surface area (TPSA) is 152 Å². The second-order valence-corrected chi connectivity index (χ2v) is 5.41. The normalized spacial score (nSPS) is 9.14. The van der Waals surface area contributed by atoms with Crippen molar-refractivity contribution in [1.82, 2.24) is 0 Å². The fourth-order valence-corrected chi connectivity index (χ4v) is 0.399. The van der Waals surface area contributed by atoms with Crippen molar-refractivity contribution in [1.29, 1.82) is 0 Å². The first-order chi connectivity index (χ1) is 9.39. The highest BCUT2D eigenvalue weighted by Crippen LogP contribution is 2.42. The van der Waals surface area contributed by atoms with Gasteiger partial charge in [0.15, 0.2) is 0 Å². The Kier molecular flexibility index (Phi) is 15.3. The average Bonchev–Trinajstić information content (AvgIpc) is 2.35. The molecule has 0 aromatic carbocycles. The summed E-state index contributed by atoms with van der Waals surface area (Å²) in [5.74, 6) is -1.96. The van der Waals surface area contributed by atoms with Crippen LogP contribution in [0.2, 0.25) is 0 Å². The smallest absolute Gasteiger partial charge is 0.351 e. The van der Waals surface area contributed by atoms with E-state index in [1.54, 1.807) is 0 Å². The van der Waals surface area contributed by atoms with Crippen LogP contribution in [0.3, 0.4) is 0 Å². The van der Waals surface area contributed by atoms with Gasteiger partial charge in [-0.05, 0) is 19.8 Å². The van der Waals surface area contributed by atoms with Crippen molar-refractivity contribution in [3.63, 3.8) is 0 Å². The molecule has 0 rings (SSSR count). The molecule has 0 bridgehead atoms. The molecular weight excluding hydrogens is 303 g/mol. The van der Waals surface area contributed by atoms with E-state index in [0.717, 1.165) is 6.08 Å². The summed E-state index contributed by atoms with van der Waals surface area (Å²) in [6.07, 6.45) is 1.68. The molecule has 0 amide bonds. The molecule has 5 N–H and O–H groups in total. The molecule has 0 atom stereocenters. The number of aliphatic carboxylic acids is 2. The molecule has 0 saturated carbocycles. The lowest BCUT2D eigenvalue weighted by Crippen LogP contribution is -1.99. The number of carboxylic acids is 2. The Morgan fingerprint density at radius 2 is 1.52 bits per heavy atom. The van der Waals surface area contributed by atoms with Crippen LogP contribution in [0.5, 0.6) is 0 Å². The first-order valence-electron chi connectivity index (χ1n) is 5.49. The summed E-state index contributed by atoms with van der Waals surface area (Å²) in [5, 5.41) is 24.0.